The van der Waals surface area contributed by atoms with Crippen molar-refractivity contribution in [3.05, 3.63) is 47.5 Å². The Morgan fingerprint density at radius 1 is 1.43 bits per heavy atom. The molecule has 0 aliphatic carbocycles. The number of fused-ring (bicyclic) bond motifs is 1. The predicted molar refractivity (Wildman–Crippen MR) is 77.3 cm³/mol. The van der Waals surface area contributed by atoms with E-state index in [-0.39, 0.29) is 11.9 Å². The van der Waals surface area contributed by atoms with Gasteiger partial charge in [0.1, 0.15) is 0 Å². The third-order valence-corrected chi connectivity index (χ3v) is 3.55. The Bertz CT molecular complexity index is 683. The number of aromatic amines is 1. The summed E-state index contributed by atoms with van der Waals surface area (Å²) in [7, 11) is 0. The molecule has 1 amide bonds. The molecule has 0 saturated carbocycles. The zero-order valence-electron chi connectivity index (χ0n) is 11.4. The van der Waals surface area contributed by atoms with Crippen LogP contribution in [0.4, 0.5) is 5.69 Å². The van der Waals surface area contributed by atoms with Crippen molar-refractivity contribution in [3.8, 4) is 6.07 Å². The van der Waals surface area contributed by atoms with Crippen molar-refractivity contribution in [1.82, 2.24) is 15.3 Å². The molecule has 1 atom stereocenters. The van der Waals surface area contributed by atoms with Crippen LogP contribution < -0.4 is 10.6 Å². The molecule has 1 aromatic heterocycles. The van der Waals surface area contributed by atoms with Gasteiger partial charge >= 0.3 is 0 Å². The molecule has 1 aliphatic heterocycles. The molecule has 1 unspecified atom stereocenters. The Balaban J connectivity index is 1.63. The van der Waals surface area contributed by atoms with Gasteiger partial charge in [0, 0.05) is 18.7 Å². The molecule has 0 fully saturated rings. The average molecular weight is 281 g/mol. The van der Waals surface area contributed by atoms with Gasteiger partial charge in [0.15, 0.2) is 0 Å². The first-order valence-corrected chi connectivity index (χ1v) is 6.77. The number of nitriles is 1. The fourth-order valence-electron chi connectivity index (χ4n) is 2.38. The molecule has 106 valence electrons. The molecule has 21 heavy (non-hydrogen) atoms. The van der Waals surface area contributed by atoms with Crippen molar-refractivity contribution >= 4 is 11.6 Å². The molecule has 1 aromatic carbocycles. The third-order valence-electron chi connectivity index (χ3n) is 3.55. The Morgan fingerprint density at radius 3 is 3.00 bits per heavy atom. The fraction of sp³-hybridized carbons (Fsp3) is 0.267. The summed E-state index contributed by atoms with van der Waals surface area (Å²) in [6, 6.07) is 9.14. The van der Waals surface area contributed by atoms with E-state index in [9.17, 15) is 4.79 Å². The molecule has 0 spiro atoms. The number of aromatic nitrogens is 2. The second-order valence-corrected chi connectivity index (χ2v) is 4.99. The van der Waals surface area contributed by atoms with E-state index in [0.29, 0.717) is 19.4 Å². The summed E-state index contributed by atoms with van der Waals surface area (Å²) in [5.41, 5.74) is 3.65. The Morgan fingerprint density at radius 2 is 2.24 bits per heavy atom. The number of hydrogen-bond acceptors (Lipinski definition) is 4. The number of imidazole rings is 1. The van der Waals surface area contributed by atoms with Crippen LogP contribution in [0.2, 0.25) is 0 Å². The average Bonchev–Trinajstić information content (AvgIpc) is 2.97. The van der Waals surface area contributed by atoms with Crippen LogP contribution in [0.1, 0.15) is 17.0 Å². The number of amides is 1. The minimum atomic E-state index is -0.278. The van der Waals surface area contributed by atoms with E-state index in [2.05, 4.69) is 26.7 Å². The van der Waals surface area contributed by atoms with Crippen LogP contribution in [0.15, 0.2) is 30.6 Å². The summed E-state index contributed by atoms with van der Waals surface area (Å²) in [5, 5.41) is 14.7. The Labute approximate surface area is 122 Å². The van der Waals surface area contributed by atoms with Crippen LogP contribution in [-0.2, 0) is 24.2 Å². The van der Waals surface area contributed by atoms with E-state index < -0.39 is 0 Å². The topological polar surface area (TPSA) is 93.6 Å². The molecule has 2 aromatic rings. The number of carbonyl (C=O) groups excluding carboxylic acids is 1. The Hall–Kier alpha value is -2.65. The highest BCUT2D eigenvalue weighted by Crippen LogP contribution is 2.15. The third kappa shape index (κ3) is 2.93. The number of nitrogens with one attached hydrogen (secondary N) is 3. The first-order chi connectivity index (χ1) is 10.3. The highest BCUT2D eigenvalue weighted by atomic mass is 16.2. The molecular formula is C15H15N5O. The van der Waals surface area contributed by atoms with Gasteiger partial charge in [-0.05, 0) is 17.7 Å². The molecule has 1 aliphatic rings. The molecule has 0 bridgehead atoms. The standard InChI is InChI=1S/C15H15N5O/c16-6-5-10-1-3-11(4-2-10)20-15(21)13-7-12-14(8-17-13)19-9-18-12/h1-4,9,13,17H,5,7-8H2,(H,18,19)(H,20,21). The van der Waals surface area contributed by atoms with Crippen LogP contribution in [0, 0.1) is 11.3 Å². The van der Waals surface area contributed by atoms with Crippen molar-refractivity contribution in [2.75, 3.05) is 5.32 Å². The Kier molecular flexibility index (Phi) is 3.67. The van der Waals surface area contributed by atoms with Crippen molar-refractivity contribution in [2.45, 2.75) is 25.4 Å². The number of carbonyl (C=O) groups is 1. The lowest BCUT2D eigenvalue weighted by atomic mass is 10.0. The van der Waals surface area contributed by atoms with Crippen LogP contribution in [0.25, 0.3) is 0 Å². The number of rotatable bonds is 3. The first-order valence-electron chi connectivity index (χ1n) is 6.77. The summed E-state index contributed by atoms with van der Waals surface area (Å²) < 4.78 is 0. The lowest BCUT2D eigenvalue weighted by molar-refractivity contribution is -0.118. The van der Waals surface area contributed by atoms with E-state index in [1.165, 1.54) is 0 Å². The summed E-state index contributed by atoms with van der Waals surface area (Å²) in [6.45, 7) is 0.620. The molecular weight excluding hydrogens is 266 g/mol. The molecule has 2 heterocycles. The SMILES string of the molecule is N#CCc1ccc(NC(=O)C2Cc3nc[nH]c3CN2)cc1. The van der Waals surface area contributed by atoms with Gasteiger partial charge in [-0.15, -0.1) is 0 Å². The maximum atomic E-state index is 12.2. The maximum Gasteiger partial charge on any atom is 0.241 e. The molecule has 6 heteroatoms. The van der Waals surface area contributed by atoms with Gasteiger partial charge in [0.25, 0.3) is 0 Å². The molecule has 0 radical (unpaired) electrons. The number of benzene rings is 1. The van der Waals surface area contributed by atoms with Gasteiger partial charge in [0.2, 0.25) is 5.91 Å². The zero-order chi connectivity index (χ0) is 14.7. The highest BCUT2D eigenvalue weighted by molar-refractivity contribution is 5.95. The lowest BCUT2D eigenvalue weighted by Gasteiger charge is -2.22. The normalized spacial score (nSPS) is 16.8. The first kappa shape index (κ1) is 13.3. The summed E-state index contributed by atoms with van der Waals surface area (Å²) >= 11 is 0. The van der Waals surface area contributed by atoms with Gasteiger partial charge in [-0.2, -0.15) is 5.26 Å². The van der Waals surface area contributed by atoms with Gasteiger partial charge in [-0.1, -0.05) is 12.1 Å². The van der Waals surface area contributed by atoms with Crippen LogP contribution in [-0.4, -0.2) is 21.9 Å². The summed E-state index contributed by atoms with van der Waals surface area (Å²) in [4.78, 5) is 19.5. The zero-order valence-corrected chi connectivity index (χ0v) is 11.4. The fourth-order valence-corrected chi connectivity index (χ4v) is 2.38. The minimum Gasteiger partial charge on any atom is -0.347 e. The summed E-state index contributed by atoms with van der Waals surface area (Å²) in [6.07, 6.45) is 2.61. The highest BCUT2D eigenvalue weighted by Gasteiger charge is 2.25. The van der Waals surface area contributed by atoms with Crippen LogP contribution in [0.3, 0.4) is 0 Å². The molecule has 0 saturated heterocycles. The lowest BCUT2D eigenvalue weighted by Crippen LogP contribution is -2.44. The van der Waals surface area contributed by atoms with E-state index >= 15 is 0 Å². The van der Waals surface area contributed by atoms with E-state index in [0.717, 1.165) is 22.6 Å². The largest absolute Gasteiger partial charge is 0.347 e. The second-order valence-electron chi connectivity index (χ2n) is 4.99. The minimum absolute atomic E-state index is 0.0725. The van der Waals surface area contributed by atoms with Crippen LogP contribution >= 0.6 is 0 Å². The van der Waals surface area contributed by atoms with Crippen molar-refractivity contribution < 1.29 is 4.79 Å². The van der Waals surface area contributed by atoms with E-state index in [1.807, 2.05) is 24.3 Å². The summed E-state index contributed by atoms with van der Waals surface area (Å²) in [5.74, 6) is -0.0725. The van der Waals surface area contributed by atoms with Crippen molar-refractivity contribution in [1.29, 1.82) is 5.26 Å². The van der Waals surface area contributed by atoms with E-state index in [4.69, 9.17) is 5.26 Å². The van der Waals surface area contributed by atoms with Crippen LogP contribution in [0.5, 0.6) is 0 Å². The molecule has 3 rings (SSSR count). The van der Waals surface area contributed by atoms with Gasteiger partial charge in [-0.25, -0.2) is 4.98 Å². The monoisotopic (exact) mass is 281 g/mol. The number of nitrogens with zero attached hydrogens (tertiary/aromatic N) is 2. The second kappa shape index (κ2) is 5.77. The number of anilines is 1. The number of hydrogen-bond donors (Lipinski definition) is 3. The molecule has 6 nitrogen and oxygen atoms in total. The van der Waals surface area contributed by atoms with Gasteiger partial charge in [0.05, 0.1) is 36.2 Å². The quantitative estimate of drug-likeness (QED) is 0.786. The van der Waals surface area contributed by atoms with E-state index in [1.54, 1.807) is 6.33 Å². The maximum absolute atomic E-state index is 12.2. The van der Waals surface area contributed by atoms with Crippen molar-refractivity contribution in [2.24, 2.45) is 0 Å². The predicted octanol–water partition coefficient (Wildman–Crippen LogP) is 1.13. The molecule has 3 N–H and O–H groups in total. The van der Waals surface area contributed by atoms with Gasteiger partial charge in [-0.3, -0.25) is 10.1 Å². The number of H-pyrrole nitrogens is 1. The van der Waals surface area contributed by atoms with Crippen molar-refractivity contribution in [3.63, 3.8) is 0 Å². The van der Waals surface area contributed by atoms with Gasteiger partial charge < -0.3 is 10.3 Å². The smallest absolute Gasteiger partial charge is 0.241 e.